The molecule has 2 aromatic rings. The van der Waals surface area contributed by atoms with Crippen LogP contribution < -0.4 is 5.32 Å². The maximum Gasteiger partial charge on any atom is 0.212 e. The van der Waals surface area contributed by atoms with Crippen LogP contribution in [-0.2, 0) is 0 Å². The Kier molecular flexibility index (Phi) is 3.88. The fraction of sp³-hybridized carbons (Fsp3) is 0.235. The Balaban J connectivity index is 2.10. The summed E-state index contributed by atoms with van der Waals surface area (Å²) in [4.78, 5) is 3.80. The fourth-order valence-electron chi connectivity index (χ4n) is 2.68. The second kappa shape index (κ2) is 5.97. The van der Waals surface area contributed by atoms with Gasteiger partial charge in [0.1, 0.15) is 0 Å². The number of aromatic nitrogens is 1. The zero-order valence-electron chi connectivity index (χ0n) is 11.3. The number of hydrogen-bond donors (Lipinski definition) is 1. The van der Waals surface area contributed by atoms with Crippen LogP contribution in [-0.4, -0.2) is 18.1 Å². The maximum absolute atomic E-state index is 13.1. The topological polar surface area (TPSA) is 24.9 Å². The lowest BCUT2D eigenvalue weighted by molar-refractivity contribution is 0.583. The van der Waals surface area contributed by atoms with Crippen LogP contribution in [0.3, 0.4) is 0 Å². The van der Waals surface area contributed by atoms with E-state index in [1.807, 2.05) is 24.3 Å². The Morgan fingerprint density at radius 1 is 0.950 bits per heavy atom. The number of nitrogens with zero attached hydrogens (tertiary/aromatic N) is 1. The molecule has 0 unspecified atom stereocenters. The van der Waals surface area contributed by atoms with E-state index in [0.29, 0.717) is 0 Å². The van der Waals surface area contributed by atoms with Gasteiger partial charge in [0, 0.05) is 11.8 Å². The summed E-state index contributed by atoms with van der Waals surface area (Å²) in [6, 6.07) is 13.5. The minimum Gasteiger partial charge on any atom is -0.316 e. The van der Waals surface area contributed by atoms with Gasteiger partial charge in [-0.25, -0.2) is 4.98 Å². The molecule has 1 N–H and O–H groups in total. The summed E-state index contributed by atoms with van der Waals surface area (Å²) < 4.78 is 13.1. The van der Waals surface area contributed by atoms with Crippen LogP contribution in [0.1, 0.15) is 24.0 Å². The minimum absolute atomic E-state index is 0.434. The number of piperidine rings is 1. The van der Waals surface area contributed by atoms with Crippen molar-refractivity contribution in [1.29, 1.82) is 0 Å². The third-order valence-electron chi connectivity index (χ3n) is 3.64. The van der Waals surface area contributed by atoms with Gasteiger partial charge >= 0.3 is 0 Å². The molecule has 1 aliphatic heterocycles. The van der Waals surface area contributed by atoms with Crippen LogP contribution in [0.2, 0.25) is 0 Å². The molecule has 1 fully saturated rings. The lowest BCUT2D eigenvalue weighted by atomic mass is 9.89. The number of nitrogens with one attached hydrogen (secondary N) is 1. The van der Waals surface area contributed by atoms with Crippen molar-refractivity contribution in [3.8, 4) is 0 Å². The summed E-state index contributed by atoms with van der Waals surface area (Å²) in [7, 11) is 0. The highest BCUT2D eigenvalue weighted by Crippen LogP contribution is 2.30. The fourth-order valence-corrected chi connectivity index (χ4v) is 2.68. The first-order valence-corrected chi connectivity index (χ1v) is 6.95. The molecular formula is C17H17FN2. The monoisotopic (exact) mass is 268 g/mol. The Bertz CT molecular complexity index is 595. The van der Waals surface area contributed by atoms with Gasteiger partial charge in [-0.05, 0) is 49.2 Å². The molecule has 0 atom stereocenters. The summed E-state index contributed by atoms with van der Waals surface area (Å²) in [5.41, 5.74) is 4.80. The molecule has 102 valence electrons. The van der Waals surface area contributed by atoms with Gasteiger partial charge in [-0.1, -0.05) is 35.9 Å². The van der Waals surface area contributed by atoms with Gasteiger partial charge in [-0.15, -0.1) is 0 Å². The molecule has 0 saturated carbocycles. The Labute approximate surface area is 118 Å². The van der Waals surface area contributed by atoms with E-state index in [4.69, 9.17) is 0 Å². The molecule has 1 aromatic heterocycles. The molecule has 3 heteroatoms. The summed E-state index contributed by atoms with van der Waals surface area (Å²) in [5, 5.41) is 3.37. The van der Waals surface area contributed by atoms with Crippen LogP contribution in [0, 0.1) is 5.95 Å². The first kappa shape index (κ1) is 13.0. The van der Waals surface area contributed by atoms with Gasteiger partial charge in [0.15, 0.2) is 0 Å². The van der Waals surface area contributed by atoms with Gasteiger partial charge in [-0.3, -0.25) is 0 Å². The van der Waals surface area contributed by atoms with E-state index in [1.54, 1.807) is 6.20 Å². The van der Waals surface area contributed by atoms with Crippen molar-refractivity contribution in [3.63, 3.8) is 0 Å². The second-order valence-corrected chi connectivity index (χ2v) is 4.96. The normalized spacial score (nSPS) is 15.2. The predicted molar refractivity (Wildman–Crippen MR) is 78.8 cm³/mol. The van der Waals surface area contributed by atoms with Crippen molar-refractivity contribution in [2.75, 3.05) is 13.1 Å². The van der Waals surface area contributed by atoms with Gasteiger partial charge in [-0.2, -0.15) is 4.39 Å². The molecule has 0 amide bonds. The molecule has 0 aliphatic carbocycles. The molecule has 1 aliphatic rings. The van der Waals surface area contributed by atoms with Crippen molar-refractivity contribution >= 4 is 5.57 Å². The highest BCUT2D eigenvalue weighted by molar-refractivity contribution is 5.81. The summed E-state index contributed by atoms with van der Waals surface area (Å²) in [6.07, 6.45) is 3.69. The zero-order chi connectivity index (χ0) is 13.8. The van der Waals surface area contributed by atoms with E-state index >= 15 is 0 Å². The average Bonchev–Trinajstić information content (AvgIpc) is 2.52. The number of rotatable bonds is 2. The van der Waals surface area contributed by atoms with Gasteiger partial charge < -0.3 is 5.32 Å². The molecule has 20 heavy (non-hydrogen) atoms. The molecule has 1 aromatic carbocycles. The smallest absolute Gasteiger partial charge is 0.212 e. The summed E-state index contributed by atoms with van der Waals surface area (Å²) in [5.74, 6) is -0.434. The number of halogens is 1. The van der Waals surface area contributed by atoms with Crippen LogP contribution in [0.4, 0.5) is 4.39 Å². The van der Waals surface area contributed by atoms with Crippen LogP contribution in [0.25, 0.3) is 5.57 Å². The van der Waals surface area contributed by atoms with Crippen LogP contribution in [0.5, 0.6) is 0 Å². The number of benzene rings is 1. The maximum atomic E-state index is 13.1. The van der Waals surface area contributed by atoms with Crippen molar-refractivity contribution in [2.45, 2.75) is 12.8 Å². The van der Waals surface area contributed by atoms with E-state index in [0.717, 1.165) is 31.5 Å². The zero-order valence-corrected chi connectivity index (χ0v) is 11.3. The predicted octanol–water partition coefficient (Wildman–Crippen LogP) is 3.41. The van der Waals surface area contributed by atoms with E-state index in [1.165, 1.54) is 22.8 Å². The highest BCUT2D eigenvalue weighted by Gasteiger charge is 2.14. The van der Waals surface area contributed by atoms with Crippen molar-refractivity contribution in [2.24, 2.45) is 0 Å². The van der Waals surface area contributed by atoms with Gasteiger partial charge in [0.25, 0.3) is 0 Å². The Hall–Kier alpha value is -2.00. The number of pyridine rings is 1. The molecular weight excluding hydrogens is 251 g/mol. The third-order valence-corrected chi connectivity index (χ3v) is 3.64. The first-order chi connectivity index (χ1) is 9.84. The average molecular weight is 268 g/mol. The molecule has 1 saturated heterocycles. The minimum atomic E-state index is -0.434. The molecule has 2 heterocycles. The van der Waals surface area contributed by atoms with E-state index in [9.17, 15) is 4.39 Å². The first-order valence-electron chi connectivity index (χ1n) is 6.95. The van der Waals surface area contributed by atoms with Crippen molar-refractivity contribution in [3.05, 3.63) is 71.3 Å². The summed E-state index contributed by atoms with van der Waals surface area (Å²) >= 11 is 0. The quantitative estimate of drug-likeness (QED) is 0.844. The van der Waals surface area contributed by atoms with Crippen LogP contribution >= 0.6 is 0 Å². The number of hydrogen-bond acceptors (Lipinski definition) is 2. The molecule has 0 radical (unpaired) electrons. The van der Waals surface area contributed by atoms with Crippen LogP contribution in [0.15, 0.2) is 54.2 Å². The molecule has 3 rings (SSSR count). The van der Waals surface area contributed by atoms with E-state index in [-0.39, 0.29) is 0 Å². The van der Waals surface area contributed by atoms with Crippen molar-refractivity contribution < 1.29 is 4.39 Å². The third kappa shape index (κ3) is 2.78. The van der Waals surface area contributed by atoms with Gasteiger partial charge in [0.05, 0.1) is 0 Å². The largest absolute Gasteiger partial charge is 0.316 e. The second-order valence-electron chi connectivity index (χ2n) is 4.96. The van der Waals surface area contributed by atoms with Gasteiger partial charge in [0.2, 0.25) is 5.95 Å². The van der Waals surface area contributed by atoms with E-state index in [2.05, 4.69) is 22.4 Å². The standard InChI is InChI=1S/C17H17FN2/c18-16-7-6-15(12-20-16)17(13-4-2-1-3-5-13)14-8-10-19-11-9-14/h1-7,12,19H,8-11H2. The SMILES string of the molecule is Fc1ccc(C(=C2CCNCC2)c2ccccc2)cn1. The highest BCUT2D eigenvalue weighted by atomic mass is 19.1. The Morgan fingerprint density at radius 3 is 2.35 bits per heavy atom. The lowest BCUT2D eigenvalue weighted by Gasteiger charge is -2.21. The molecule has 0 spiro atoms. The molecule has 2 nitrogen and oxygen atoms in total. The molecule has 0 bridgehead atoms. The Morgan fingerprint density at radius 2 is 1.70 bits per heavy atom. The lowest BCUT2D eigenvalue weighted by Crippen LogP contribution is -2.23. The van der Waals surface area contributed by atoms with Crippen molar-refractivity contribution in [1.82, 2.24) is 10.3 Å². The van der Waals surface area contributed by atoms with E-state index < -0.39 is 5.95 Å². The summed E-state index contributed by atoms with van der Waals surface area (Å²) in [6.45, 7) is 2.00.